The summed E-state index contributed by atoms with van der Waals surface area (Å²) < 4.78 is 60.6. The van der Waals surface area contributed by atoms with E-state index in [1.54, 1.807) is 0 Å². The quantitative estimate of drug-likeness (QED) is 0.851. The number of rotatable bonds is 2. The topological polar surface area (TPSA) is 54.9 Å². The lowest BCUT2D eigenvalue weighted by atomic mass is 10.3. The second kappa shape index (κ2) is 4.51. The lowest BCUT2D eigenvalue weighted by molar-refractivity contribution is -0.267. The van der Waals surface area contributed by atoms with Crippen LogP contribution < -0.4 is 5.32 Å². The Morgan fingerprint density at radius 1 is 1.18 bits per heavy atom. The van der Waals surface area contributed by atoms with E-state index in [2.05, 4.69) is 25.9 Å². The van der Waals surface area contributed by atoms with Gasteiger partial charge in [-0.25, -0.2) is 9.97 Å². The molecule has 0 saturated heterocycles. The highest BCUT2D eigenvalue weighted by Gasteiger charge is 2.63. The molecular weight excluding hydrogens is 317 g/mol. The number of carbonyl (C=O) groups excluding carboxylic acids is 1. The van der Waals surface area contributed by atoms with Gasteiger partial charge in [0.1, 0.15) is 4.60 Å². The average Bonchev–Trinajstić information content (AvgIpc) is 2.19. The Labute approximate surface area is 99.4 Å². The molecule has 0 fully saturated rings. The highest BCUT2D eigenvalue weighted by molar-refractivity contribution is 9.10. The Hall–Kier alpha value is -1.32. The van der Waals surface area contributed by atoms with Gasteiger partial charge in [-0.2, -0.15) is 22.0 Å². The van der Waals surface area contributed by atoms with E-state index in [9.17, 15) is 26.7 Å². The molecule has 1 heterocycles. The summed E-state index contributed by atoms with van der Waals surface area (Å²) in [7, 11) is 0. The summed E-state index contributed by atoms with van der Waals surface area (Å²) in [5, 5.41) is 1.31. The minimum atomic E-state index is -5.96. The fraction of sp³-hybridized carbons (Fsp3) is 0.286. The Balaban J connectivity index is 2.83. The standard InChI is InChI=1S/C7H3BrF5N3O/c8-3-1-15-4(2-14-3)16-5(17)6(9,10)7(11,12)13/h1-2H,(H,15,16,17). The van der Waals surface area contributed by atoms with Crippen LogP contribution in [-0.2, 0) is 4.79 Å². The first-order chi connectivity index (χ1) is 7.64. The van der Waals surface area contributed by atoms with Gasteiger partial charge in [0.25, 0.3) is 0 Å². The van der Waals surface area contributed by atoms with E-state index in [-0.39, 0.29) is 4.60 Å². The average molecular weight is 320 g/mol. The van der Waals surface area contributed by atoms with Crippen molar-refractivity contribution in [3.63, 3.8) is 0 Å². The van der Waals surface area contributed by atoms with Gasteiger partial charge in [0.05, 0.1) is 12.4 Å². The third-order valence-electron chi connectivity index (χ3n) is 1.50. The smallest absolute Gasteiger partial charge is 0.304 e. The normalized spacial score (nSPS) is 12.4. The molecule has 0 bridgehead atoms. The van der Waals surface area contributed by atoms with Crippen molar-refractivity contribution in [2.24, 2.45) is 0 Å². The van der Waals surface area contributed by atoms with Gasteiger partial charge in [-0.05, 0) is 15.9 Å². The molecule has 0 aliphatic heterocycles. The maximum atomic E-state index is 12.5. The number of amides is 1. The molecule has 1 N–H and O–H groups in total. The fourth-order valence-electron chi connectivity index (χ4n) is 0.700. The van der Waals surface area contributed by atoms with Crippen LogP contribution >= 0.6 is 15.9 Å². The molecule has 10 heteroatoms. The number of anilines is 1. The van der Waals surface area contributed by atoms with Crippen LogP contribution in [0.1, 0.15) is 0 Å². The van der Waals surface area contributed by atoms with E-state index in [4.69, 9.17) is 0 Å². The molecule has 1 amide bonds. The summed E-state index contributed by atoms with van der Waals surface area (Å²) >= 11 is 2.87. The molecule has 0 spiro atoms. The summed E-state index contributed by atoms with van der Waals surface area (Å²) in [5.74, 6) is -8.51. The van der Waals surface area contributed by atoms with Crippen LogP contribution in [0, 0.1) is 0 Å². The second-order valence-corrected chi connectivity index (χ2v) is 3.56. The van der Waals surface area contributed by atoms with Gasteiger partial charge in [0.15, 0.2) is 5.82 Å². The van der Waals surface area contributed by atoms with Crippen molar-refractivity contribution >= 4 is 27.7 Å². The van der Waals surface area contributed by atoms with E-state index < -0.39 is 23.8 Å². The van der Waals surface area contributed by atoms with Crippen molar-refractivity contribution in [1.82, 2.24) is 9.97 Å². The fourth-order valence-corrected chi connectivity index (χ4v) is 0.905. The van der Waals surface area contributed by atoms with Crippen molar-refractivity contribution in [2.75, 3.05) is 5.32 Å². The van der Waals surface area contributed by atoms with Crippen molar-refractivity contribution in [3.8, 4) is 0 Å². The monoisotopic (exact) mass is 319 g/mol. The summed E-state index contributed by atoms with van der Waals surface area (Å²) in [5.41, 5.74) is 0. The number of alkyl halides is 5. The molecule has 0 atom stereocenters. The van der Waals surface area contributed by atoms with Gasteiger partial charge < -0.3 is 5.32 Å². The molecule has 0 aromatic carbocycles. The van der Waals surface area contributed by atoms with Crippen molar-refractivity contribution < 1.29 is 26.7 Å². The number of halogens is 6. The predicted octanol–water partition coefficient (Wildman–Crippen LogP) is 2.38. The Morgan fingerprint density at radius 2 is 1.76 bits per heavy atom. The maximum absolute atomic E-state index is 12.5. The number of nitrogens with zero attached hydrogens (tertiary/aromatic N) is 2. The third kappa shape index (κ3) is 3.08. The lowest BCUT2D eigenvalue weighted by Gasteiger charge is -2.18. The number of hydrogen-bond donors (Lipinski definition) is 1. The first-order valence-corrected chi connectivity index (χ1v) is 4.67. The SMILES string of the molecule is O=C(Nc1cnc(Br)cn1)C(F)(F)C(F)(F)F. The van der Waals surface area contributed by atoms with Crippen molar-refractivity contribution in [3.05, 3.63) is 17.0 Å². The van der Waals surface area contributed by atoms with Gasteiger partial charge in [-0.1, -0.05) is 0 Å². The molecule has 0 unspecified atom stereocenters. The van der Waals surface area contributed by atoms with E-state index >= 15 is 0 Å². The molecule has 94 valence electrons. The molecule has 0 aliphatic carbocycles. The Morgan fingerprint density at radius 3 is 2.18 bits per heavy atom. The van der Waals surface area contributed by atoms with Crippen LogP contribution in [0.2, 0.25) is 0 Å². The number of hydrogen-bond acceptors (Lipinski definition) is 3. The number of aromatic nitrogens is 2. The van der Waals surface area contributed by atoms with Crippen LogP contribution in [0.25, 0.3) is 0 Å². The summed E-state index contributed by atoms with van der Waals surface area (Å²) in [6, 6.07) is 0. The molecular formula is C7H3BrF5N3O. The van der Waals surface area contributed by atoms with Gasteiger partial charge in [0, 0.05) is 0 Å². The Kier molecular flexibility index (Phi) is 3.65. The molecule has 0 radical (unpaired) electrons. The highest BCUT2D eigenvalue weighted by atomic mass is 79.9. The summed E-state index contributed by atoms with van der Waals surface area (Å²) in [6.45, 7) is 0. The van der Waals surface area contributed by atoms with Crippen molar-refractivity contribution in [2.45, 2.75) is 12.1 Å². The third-order valence-corrected chi connectivity index (χ3v) is 1.91. The first kappa shape index (κ1) is 13.7. The second-order valence-electron chi connectivity index (χ2n) is 2.75. The zero-order valence-electron chi connectivity index (χ0n) is 7.73. The summed E-state index contributed by atoms with van der Waals surface area (Å²) in [4.78, 5) is 17.6. The molecule has 4 nitrogen and oxygen atoms in total. The molecule has 1 aromatic heterocycles. The van der Waals surface area contributed by atoms with Crippen LogP contribution in [0.5, 0.6) is 0 Å². The van der Waals surface area contributed by atoms with Crippen LogP contribution in [-0.4, -0.2) is 28.0 Å². The highest BCUT2D eigenvalue weighted by Crippen LogP contribution is 2.36. The zero-order valence-corrected chi connectivity index (χ0v) is 9.31. The number of nitrogens with one attached hydrogen (secondary N) is 1. The van der Waals surface area contributed by atoms with E-state index in [0.29, 0.717) is 0 Å². The zero-order chi connectivity index (χ0) is 13.3. The van der Waals surface area contributed by atoms with E-state index in [1.165, 1.54) is 5.32 Å². The summed E-state index contributed by atoms with van der Waals surface area (Å²) in [6.07, 6.45) is -4.10. The largest absolute Gasteiger partial charge is 0.463 e. The lowest BCUT2D eigenvalue weighted by Crippen LogP contribution is -2.47. The van der Waals surface area contributed by atoms with Crippen LogP contribution in [0.4, 0.5) is 27.8 Å². The minimum Gasteiger partial charge on any atom is -0.304 e. The van der Waals surface area contributed by atoms with E-state index in [1.807, 2.05) is 0 Å². The molecule has 1 aromatic rings. The van der Waals surface area contributed by atoms with Gasteiger partial charge in [-0.3, -0.25) is 4.79 Å². The molecule has 17 heavy (non-hydrogen) atoms. The van der Waals surface area contributed by atoms with Crippen LogP contribution in [0.15, 0.2) is 17.0 Å². The minimum absolute atomic E-state index is 0.234. The van der Waals surface area contributed by atoms with E-state index in [0.717, 1.165) is 12.4 Å². The Bertz CT molecular complexity index is 419. The molecule has 0 saturated carbocycles. The van der Waals surface area contributed by atoms with Gasteiger partial charge in [-0.15, -0.1) is 0 Å². The number of carbonyl (C=O) groups is 1. The first-order valence-electron chi connectivity index (χ1n) is 3.88. The van der Waals surface area contributed by atoms with Gasteiger partial charge in [0.2, 0.25) is 0 Å². The molecule has 0 aliphatic rings. The maximum Gasteiger partial charge on any atom is 0.463 e. The predicted molar refractivity (Wildman–Crippen MR) is 49.4 cm³/mol. The van der Waals surface area contributed by atoms with Gasteiger partial charge >= 0.3 is 18.0 Å². The molecule has 1 rings (SSSR count). The van der Waals surface area contributed by atoms with Crippen LogP contribution in [0.3, 0.4) is 0 Å². The van der Waals surface area contributed by atoms with Crippen molar-refractivity contribution in [1.29, 1.82) is 0 Å².